The summed E-state index contributed by atoms with van der Waals surface area (Å²) in [6.07, 6.45) is 0. The Hall–Kier alpha value is -1.85. The highest BCUT2D eigenvalue weighted by Crippen LogP contribution is 2.18. The summed E-state index contributed by atoms with van der Waals surface area (Å²) in [5, 5.41) is 21.6. The molecule has 1 amide bonds. The second-order valence-corrected chi connectivity index (χ2v) is 4.56. The number of benzene rings is 1. The molecule has 0 spiro atoms. The second-order valence-electron chi connectivity index (χ2n) is 4.56. The zero-order valence-corrected chi connectivity index (χ0v) is 10.8. The number of hydrogen-bond donors (Lipinski definition) is 3. The van der Waals surface area contributed by atoms with E-state index in [0.717, 1.165) is 16.6 Å². The predicted octanol–water partition coefficient (Wildman–Crippen LogP) is 0.419. The Bertz CT molecular complexity index is 573. The molecule has 5 heteroatoms. The first-order valence-corrected chi connectivity index (χ1v) is 6.21. The molecule has 0 saturated carbocycles. The molecule has 0 aliphatic heterocycles. The van der Waals surface area contributed by atoms with Gasteiger partial charge < -0.3 is 20.1 Å². The molecule has 0 atom stereocenters. The van der Waals surface area contributed by atoms with Gasteiger partial charge in [0.25, 0.3) is 0 Å². The number of fused-ring (bicyclic) bond motifs is 1. The number of aliphatic hydroxyl groups excluding tert-OH is 2. The fourth-order valence-corrected chi connectivity index (χ4v) is 2.12. The summed E-state index contributed by atoms with van der Waals surface area (Å²) in [5.41, 5.74) is 2.00. The first-order valence-electron chi connectivity index (χ1n) is 6.21. The van der Waals surface area contributed by atoms with Crippen molar-refractivity contribution in [2.45, 2.75) is 19.5 Å². The van der Waals surface area contributed by atoms with Crippen molar-refractivity contribution < 1.29 is 15.0 Å². The molecule has 0 bridgehead atoms. The van der Waals surface area contributed by atoms with Crippen molar-refractivity contribution >= 4 is 16.8 Å². The normalized spacial score (nSPS) is 11.2. The molecule has 0 fully saturated rings. The van der Waals surface area contributed by atoms with Crippen LogP contribution in [0.3, 0.4) is 0 Å². The molecular formula is C14H18N2O3. The van der Waals surface area contributed by atoms with Gasteiger partial charge in [0, 0.05) is 11.2 Å². The smallest absolute Gasteiger partial charge is 0.240 e. The number of aromatic nitrogens is 1. The van der Waals surface area contributed by atoms with E-state index in [4.69, 9.17) is 10.2 Å². The maximum atomic E-state index is 11.9. The van der Waals surface area contributed by atoms with E-state index in [2.05, 4.69) is 5.32 Å². The lowest BCUT2D eigenvalue weighted by Gasteiger charge is -2.14. The van der Waals surface area contributed by atoms with Crippen molar-refractivity contribution in [3.05, 3.63) is 36.0 Å². The Kier molecular flexibility index (Phi) is 4.19. The van der Waals surface area contributed by atoms with Crippen LogP contribution in [0.1, 0.15) is 5.69 Å². The highest BCUT2D eigenvalue weighted by atomic mass is 16.3. The van der Waals surface area contributed by atoms with Gasteiger partial charge in [0.15, 0.2) is 0 Å². The third kappa shape index (κ3) is 2.94. The highest BCUT2D eigenvalue weighted by molar-refractivity contribution is 5.84. The number of hydrogen-bond acceptors (Lipinski definition) is 3. The van der Waals surface area contributed by atoms with Crippen LogP contribution in [0.5, 0.6) is 0 Å². The SMILES string of the molecule is Cc1cc2ccccc2n1CC(=O)NC(CO)CO. The van der Waals surface area contributed by atoms with Gasteiger partial charge in [-0.25, -0.2) is 0 Å². The number of para-hydroxylation sites is 1. The van der Waals surface area contributed by atoms with Crippen LogP contribution in [-0.4, -0.2) is 39.9 Å². The fourth-order valence-electron chi connectivity index (χ4n) is 2.12. The zero-order chi connectivity index (χ0) is 13.8. The Balaban J connectivity index is 2.17. The molecule has 1 aromatic carbocycles. The summed E-state index contributed by atoms with van der Waals surface area (Å²) >= 11 is 0. The van der Waals surface area contributed by atoms with Crippen molar-refractivity contribution in [2.75, 3.05) is 13.2 Å². The molecule has 19 heavy (non-hydrogen) atoms. The number of carbonyl (C=O) groups is 1. The van der Waals surface area contributed by atoms with Crippen LogP contribution in [0.25, 0.3) is 10.9 Å². The van der Waals surface area contributed by atoms with Crippen LogP contribution in [0.15, 0.2) is 30.3 Å². The first-order chi connectivity index (χ1) is 9.15. The summed E-state index contributed by atoms with van der Waals surface area (Å²) in [6, 6.07) is 9.28. The van der Waals surface area contributed by atoms with E-state index in [9.17, 15) is 4.79 Å². The molecule has 0 aliphatic rings. The Morgan fingerprint density at radius 2 is 2.00 bits per heavy atom. The van der Waals surface area contributed by atoms with Gasteiger partial charge in [0.05, 0.1) is 19.3 Å². The van der Waals surface area contributed by atoms with E-state index in [1.54, 1.807) is 0 Å². The van der Waals surface area contributed by atoms with Gasteiger partial charge in [-0.15, -0.1) is 0 Å². The lowest BCUT2D eigenvalue weighted by Crippen LogP contribution is -2.41. The molecule has 0 radical (unpaired) electrons. The first kappa shape index (κ1) is 13.6. The van der Waals surface area contributed by atoms with Crippen LogP contribution in [0.2, 0.25) is 0 Å². The van der Waals surface area contributed by atoms with Gasteiger partial charge in [-0.3, -0.25) is 4.79 Å². The zero-order valence-electron chi connectivity index (χ0n) is 10.8. The average molecular weight is 262 g/mol. The van der Waals surface area contributed by atoms with Crippen LogP contribution < -0.4 is 5.32 Å². The Morgan fingerprint density at radius 3 is 2.68 bits per heavy atom. The average Bonchev–Trinajstić information content (AvgIpc) is 2.72. The van der Waals surface area contributed by atoms with Gasteiger partial charge >= 0.3 is 0 Å². The number of aliphatic hydroxyl groups is 2. The number of nitrogens with zero attached hydrogens (tertiary/aromatic N) is 1. The van der Waals surface area contributed by atoms with Crippen molar-refractivity contribution in [1.82, 2.24) is 9.88 Å². The minimum Gasteiger partial charge on any atom is -0.394 e. The summed E-state index contributed by atoms with van der Waals surface area (Å²) in [7, 11) is 0. The van der Waals surface area contributed by atoms with E-state index < -0.39 is 6.04 Å². The van der Waals surface area contributed by atoms with Crippen molar-refractivity contribution in [2.24, 2.45) is 0 Å². The van der Waals surface area contributed by atoms with Crippen LogP contribution in [-0.2, 0) is 11.3 Å². The quantitative estimate of drug-likeness (QED) is 0.731. The van der Waals surface area contributed by atoms with E-state index >= 15 is 0 Å². The van der Waals surface area contributed by atoms with Crippen molar-refractivity contribution in [3.63, 3.8) is 0 Å². The van der Waals surface area contributed by atoms with Gasteiger partial charge in [0.2, 0.25) is 5.91 Å². The second kappa shape index (κ2) is 5.86. The molecule has 3 N–H and O–H groups in total. The maximum Gasteiger partial charge on any atom is 0.240 e. The summed E-state index contributed by atoms with van der Waals surface area (Å²) < 4.78 is 1.91. The molecule has 5 nitrogen and oxygen atoms in total. The topological polar surface area (TPSA) is 74.5 Å². The number of rotatable bonds is 5. The Labute approximate surface area is 111 Å². The molecule has 0 saturated heterocycles. The molecule has 1 aromatic heterocycles. The molecule has 2 rings (SSSR count). The standard InChI is InChI=1S/C14H18N2O3/c1-10-6-11-4-2-3-5-13(11)16(10)7-14(19)15-12(8-17)9-18/h2-6,12,17-18H,7-9H2,1H3,(H,15,19). The van der Waals surface area contributed by atoms with Crippen LogP contribution >= 0.6 is 0 Å². The van der Waals surface area contributed by atoms with Gasteiger partial charge in [-0.1, -0.05) is 18.2 Å². The summed E-state index contributed by atoms with van der Waals surface area (Å²) in [5.74, 6) is -0.224. The molecule has 102 valence electrons. The number of nitrogens with one attached hydrogen (secondary N) is 1. The lowest BCUT2D eigenvalue weighted by molar-refractivity contribution is -0.123. The minimum absolute atomic E-state index is 0.176. The molecular weight excluding hydrogens is 244 g/mol. The Morgan fingerprint density at radius 1 is 1.32 bits per heavy atom. The monoisotopic (exact) mass is 262 g/mol. The summed E-state index contributed by atoms with van der Waals surface area (Å²) in [4.78, 5) is 11.9. The van der Waals surface area contributed by atoms with Crippen LogP contribution in [0, 0.1) is 6.92 Å². The van der Waals surface area contributed by atoms with E-state index in [0.29, 0.717) is 0 Å². The molecule has 1 heterocycles. The number of carbonyl (C=O) groups excluding carboxylic acids is 1. The summed E-state index contributed by atoms with van der Waals surface area (Å²) in [6.45, 7) is 1.58. The highest BCUT2D eigenvalue weighted by Gasteiger charge is 2.13. The molecule has 0 aliphatic carbocycles. The molecule has 0 unspecified atom stereocenters. The predicted molar refractivity (Wildman–Crippen MR) is 72.8 cm³/mol. The van der Waals surface area contributed by atoms with Crippen LogP contribution in [0.4, 0.5) is 0 Å². The fraction of sp³-hybridized carbons (Fsp3) is 0.357. The van der Waals surface area contributed by atoms with Gasteiger partial charge in [0.1, 0.15) is 6.54 Å². The van der Waals surface area contributed by atoms with Crippen molar-refractivity contribution in [3.8, 4) is 0 Å². The van der Waals surface area contributed by atoms with E-state index in [-0.39, 0.29) is 25.7 Å². The third-order valence-electron chi connectivity index (χ3n) is 3.13. The largest absolute Gasteiger partial charge is 0.394 e. The van der Waals surface area contributed by atoms with Crippen molar-refractivity contribution in [1.29, 1.82) is 0 Å². The lowest BCUT2D eigenvalue weighted by atomic mass is 10.2. The minimum atomic E-state index is -0.602. The van der Waals surface area contributed by atoms with Gasteiger partial charge in [-0.05, 0) is 24.4 Å². The maximum absolute atomic E-state index is 11.9. The number of amides is 1. The van der Waals surface area contributed by atoms with Gasteiger partial charge in [-0.2, -0.15) is 0 Å². The van der Waals surface area contributed by atoms with E-state index in [1.807, 2.05) is 41.8 Å². The third-order valence-corrected chi connectivity index (χ3v) is 3.13. The van der Waals surface area contributed by atoms with E-state index in [1.165, 1.54) is 0 Å². The number of aryl methyl sites for hydroxylation is 1. The molecule has 2 aromatic rings.